The molecule has 0 aromatic heterocycles. The van der Waals surface area contributed by atoms with Gasteiger partial charge in [0, 0.05) is 17.1 Å². The Hall–Kier alpha value is -0.590. The van der Waals surface area contributed by atoms with Gasteiger partial charge in [0.15, 0.2) is 0 Å². The third kappa shape index (κ3) is 4.19. The molecule has 0 atom stereocenters. The number of halogens is 1. The normalized spacial score (nSPS) is 19.3. The van der Waals surface area contributed by atoms with Gasteiger partial charge in [-0.05, 0) is 36.6 Å². The van der Waals surface area contributed by atoms with Crippen molar-refractivity contribution in [2.75, 3.05) is 18.6 Å². The lowest BCUT2D eigenvalue weighted by molar-refractivity contribution is 0.413. The summed E-state index contributed by atoms with van der Waals surface area (Å²) in [5, 5.41) is 3.42. The molecule has 106 valence electrons. The molecule has 0 saturated carbocycles. The number of nitrogens with one attached hydrogen (secondary N) is 1. The van der Waals surface area contributed by atoms with Crippen molar-refractivity contribution >= 4 is 25.8 Å². The van der Waals surface area contributed by atoms with Crippen LogP contribution < -0.4 is 10.1 Å². The van der Waals surface area contributed by atoms with E-state index in [0.717, 1.165) is 15.8 Å². The molecule has 1 aliphatic rings. The summed E-state index contributed by atoms with van der Waals surface area (Å²) in [5.41, 5.74) is 1.12. The van der Waals surface area contributed by atoms with Crippen LogP contribution in [0.4, 0.5) is 0 Å². The molecule has 0 unspecified atom stereocenters. The van der Waals surface area contributed by atoms with E-state index >= 15 is 0 Å². The Kier molecular flexibility index (Phi) is 4.86. The van der Waals surface area contributed by atoms with Crippen LogP contribution in [0.1, 0.15) is 18.4 Å². The first-order chi connectivity index (χ1) is 9.00. The van der Waals surface area contributed by atoms with Gasteiger partial charge in [-0.2, -0.15) is 0 Å². The quantitative estimate of drug-likeness (QED) is 0.906. The molecule has 2 rings (SSSR count). The fourth-order valence-corrected chi connectivity index (χ4v) is 4.04. The second-order valence-electron chi connectivity index (χ2n) is 4.76. The molecule has 6 heteroatoms. The van der Waals surface area contributed by atoms with Gasteiger partial charge >= 0.3 is 0 Å². The van der Waals surface area contributed by atoms with Gasteiger partial charge in [-0.15, -0.1) is 0 Å². The molecule has 1 aliphatic heterocycles. The van der Waals surface area contributed by atoms with Gasteiger partial charge in [-0.3, -0.25) is 0 Å². The maximum absolute atomic E-state index is 11.4. The monoisotopic (exact) mass is 347 g/mol. The zero-order valence-electron chi connectivity index (χ0n) is 10.9. The Labute approximate surface area is 122 Å². The minimum atomic E-state index is -2.79. The van der Waals surface area contributed by atoms with Gasteiger partial charge in [0.25, 0.3) is 0 Å². The van der Waals surface area contributed by atoms with Crippen molar-refractivity contribution in [3.63, 3.8) is 0 Å². The molecule has 1 aromatic carbocycles. The van der Waals surface area contributed by atoms with E-state index in [9.17, 15) is 8.42 Å². The predicted octanol–water partition coefficient (Wildman–Crippen LogP) is 2.12. The number of benzene rings is 1. The smallest absolute Gasteiger partial charge is 0.150 e. The summed E-state index contributed by atoms with van der Waals surface area (Å²) in [4.78, 5) is 0. The van der Waals surface area contributed by atoms with Crippen LogP contribution in [0.25, 0.3) is 0 Å². The average Bonchev–Trinajstić information content (AvgIpc) is 2.39. The van der Waals surface area contributed by atoms with E-state index in [4.69, 9.17) is 4.74 Å². The maximum atomic E-state index is 11.4. The number of hydrogen-bond donors (Lipinski definition) is 1. The van der Waals surface area contributed by atoms with E-state index in [1.165, 1.54) is 0 Å². The molecular weight excluding hydrogens is 330 g/mol. The third-order valence-corrected chi connectivity index (χ3v) is 5.88. The third-order valence-electron chi connectivity index (χ3n) is 3.39. The van der Waals surface area contributed by atoms with Gasteiger partial charge in [0.1, 0.15) is 15.6 Å². The van der Waals surface area contributed by atoms with Gasteiger partial charge in [-0.1, -0.05) is 15.9 Å². The van der Waals surface area contributed by atoms with Crippen LogP contribution in [0, 0.1) is 0 Å². The van der Waals surface area contributed by atoms with Crippen molar-refractivity contribution < 1.29 is 13.2 Å². The molecule has 1 N–H and O–H groups in total. The number of ether oxygens (including phenoxy) is 1. The fourth-order valence-electron chi connectivity index (χ4n) is 2.16. The van der Waals surface area contributed by atoms with Gasteiger partial charge in [0.2, 0.25) is 0 Å². The maximum Gasteiger partial charge on any atom is 0.150 e. The van der Waals surface area contributed by atoms with Crippen molar-refractivity contribution in [2.24, 2.45) is 0 Å². The van der Waals surface area contributed by atoms with Gasteiger partial charge < -0.3 is 10.1 Å². The topological polar surface area (TPSA) is 55.4 Å². The van der Waals surface area contributed by atoms with Gasteiger partial charge in [0.05, 0.1) is 18.6 Å². The molecule has 1 fully saturated rings. The van der Waals surface area contributed by atoms with E-state index in [0.29, 0.717) is 30.9 Å². The van der Waals surface area contributed by atoms with Crippen LogP contribution in [-0.2, 0) is 16.4 Å². The highest BCUT2D eigenvalue weighted by molar-refractivity contribution is 9.10. The zero-order chi connectivity index (χ0) is 13.9. The van der Waals surface area contributed by atoms with Crippen LogP contribution in [0.3, 0.4) is 0 Å². The summed E-state index contributed by atoms with van der Waals surface area (Å²) in [6.45, 7) is 0.711. The predicted molar refractivity (Wildman–Crippen MR) is 79.2 cm³/mol. The lowest BCUT2D eigenvalue weighted by Gasteiger charge is -2.23. The number of hydrogen-bond acceptors (Lipinski definition) is 4. The van der Waals surface area contributed by atoms with Crippen LogP contribution in [0.15, 0.2) is 22.7 Å². The summed E-state index contributed by atoms with van der Waals surface area (Å²) < 4.78 is 28.9. The molecule has 1 heterocycles. The SMILES string of the molecule is COc1ccc(Br)c(CNC2CCS(=O)(=O)CC2)c1. The first-order valence-corrected chi connectivity index (χ1v) is 8.88. The summed E-state index contributed by atoms with van der Waals surface area (Å²) in [6, 6.07) is 6.13. The molecule has 0 spiro atoms. The second kappa shape index (κ2) is 6.24. The Morgan fingerprint density at radius 1 is 1.37 bits per heavy atom. The molecule has 0 bridgehead atoms. The molecule has 4 nitrogen and oxygen atoms in total. The molecule has 0 radical (unpaired) electrons. The highest BCUT2D eigenvalue weighted by atomic mass is 79.9. The lowest BCUT2D eigenvalue weighted by atomic mass is 10.1. The van der Waals surface area contributed by atoms with Crippen LogP contribution in [-0.4, -0.2) is 33.1 Å². The van der Waals surface area contributed by atoms with Crippen molar-refractivity contribution in [3.05, 3.63) is 28.2 Å². The van der Waals surface area contributed by atoms with E-state index in [1.807, 2.05) is 18.2 Å². The first kappa shape index (κ1) is 14.8. The minimum absolute atomic E-state index is 0.279. The van der Waals surface area contributed by atoms with E-state index in [1.54, 1.807) is 7.11 Å². The van der Waals surface area contributed by atoms with Crippen LogP contribution in [0.5, 0.6) is 5.75 Å². The second-order valence-corrected chi connectivity index (χ2v) is 7.92. The summed E-state index contributed by atoms with van der Waals surface area (Å²) in [7, 11) is -1.14. The van der Waals surface area contributed by atoms with Crippen molar-refractivity contribution in [2.45, 2.75) is 25.4 Å². The minimum Gasteiger partial charge on any atom is -0.497 e. The first-order valence-electron chi connectivity index (χ1n) is 6.26. The molecule has 0 amide bonds. The Morgan fingerprint density at radius 2 is 2.05 bits per heavy atom. The number of rotatable bonds is 4. The Balaban J connectivity index is 1.92. The average molecular weight is 348 g/mol. The Morgan fingerprint density at radius 3 is 2.68 bits per heavy atom. The van der Waals surface area contributed by atoms with E-state index < -0.39 is 9.84 Å². The van der Waals surface area contributed by atoms with E-state index in [2.05, 4.69) is 21.2 Å². The fraction of sp³-hybridized carbons (Fsp3) is 0.538. The number of methoxy groups -OCH3 is 1. The van der Waals surface area contributed by atoms with E-state index in [-0.39, 0.29) is 6.04 Å². The Bertz CT molecular complexity index is 531. The number of sulfone groups is 1. The largest absolute Gasteiger partial charge is 0.497 e. The highest BCUT2D eigenvalue weighted by Crippen LogP contribution is 2.23. The molecule has 19 heavy (non-hydrogen) atoms. The summed E-state index contributed by atoms with van der Waals surface area (Å²) >= 11 is 3.51. The highest BCUT2D eigenvalue weighted by Gasteiger charge is 2.23. The molecular formula is C13H18BrNO3S. The van der Waals surface area contributed by atoms with Crippen molar-refractivity contribution in [1.29, 1.82) is 0 Å². The van der Waals surface area contributed by atoms with Gasteiger partial charge in [-0.25, -0.2) is 8.42 Å². The van der Waals surface area contributed by atoms with Crippen molar-refractivity contribution in [3.8, 4) is 5.75 Å². The lowest BCUT2D eigenvalue weighted by Crippen LogP contribution is -2.37. The van der Waals surface area contributed by atoms with Crippen LogP contribution >= 0.6 is 15.9 Å². The zero-order valence-corrected chi connectivity index (χ0v) is 13.3. The summed E-state index contributed by atoms with van der Waals surface area (Å²) in [5.74, 6) is 1.42. The molecule has 1 aromatic rings. The summed E-state index contributed by atoms with van der Waals surface area (Å²) in [6.07, 6.45) is 1.40. The standard InChI is InChI=1S/C13H18BrNO3S/c1-18-12-2-3-13(14)10(8-12)9-15-11-4-6-19(16,17)7-5-11/h2-3,8,11,15H,4-7,9H2,1H3. The molecule has 0 aliphatic carbocycles. The van der Waals surface area contributed by atoms with Crippen molar-refractivity contribution in [1.82, 2.24) is 5.32 Å². The molecule has 1 saturated heterocycles. The van der Waals surface area contributed by atoms with Crippen LogP contribution in [0.2, 0.25) is 0 Å².